The van der Waals surface area contributed by atoms with Gasteiger partial charge in [0.1, 0.15) is 5.69 Å². The number of hydrogen-bond donors (Lipinski definition) is 1. The van der Waals surface area contributed by atoms with Crippen molar-refractivity contribution in [1.29, 1.82) is 0 Å². The summed E-state index contributed by atoms with van der Waals surface area (Å²) in [5.41, 5.74) is 4.30. The molecule has 25 heavy (non-hydrogen) atoms. The van der Waals surface area contributed by atoms with Gasteiger partial charge in [-0.05, 0) is 56.0 Å². The van der Waals surface area contributed by atoms with Gasteiger partial charge in [0.2, 0.25) is 0 Å². The van der Waals surface area contributed by atoms with E-state index in [1.54, 1.807) is 24.4 Å². The normalized spacial score (nSPS) is 16.2. The molecule has 1 saturated heterocycles. The molecule has 1 aromatic heterocycles. The summed E-state index contributed by atoms with van der Waals surface area (Å²) in [5.74, 6) is 0.372. The number of likely N-dealkylation sites (tertiary alicyclic amines) is 1. The lowest BCUT2D eigenvalue weighted by atomic mass is 9.94. The Hall–Kier alpha value is -2.53. The molecule has 1 fully saturated rings. The van der Waals surface area contributed by atoms with Crippen LogP contribution >= 0.6 is 0 Å². The number of carbonyl (C=O) groups is 1. The molecule has 1 aromatic carbocycles. The highest BCUT2D eigenvalue weighted by atomic mass is 16.2. The molecule has 0 bridgehead atoms. The van der Waals surface area contributed by atoms with Gasteiger partial charge in [0.25, 0.3) is 5.91 Å². The van der Waals surface area contributed by atoms with Crippen molar-refractivity contribution in [1.82, 2.24) is 15.3 Å². The maximum Gasteiger partial charge on any atom is 0.289 e. The van der Waals surface area contributed by atoms with Gasteiger partial charge in [-0.3, -0.25) is 14.7 Å². The Morgan fingerprint density at radius 1 is 1.16 bits per heavy atom. The highest BCUT2D eigenvalue weighted by Gasteiger charge is 2.18. The summed E-state index contributed by atoms with van der Waals surface area (Å²) < 4.78 is 0. The quantitative estimate of drug-likeness (QED) is 0.651. The molecule has 0 aliphatic carbocycles. The Kier molecular flexibility index (Phi) is 6.29. The zero-order valence-electron chi connectivity index (χ0n) is 14.3. The van der Waals surface area contributed by atoms with Gasteiger partial charge in [0, 0.05) is 19.0 Å². The minimum Gasteiger partial charge on any atom is -0.299 e. The number of rotatable bonds is 6. The number of nitrogens with zero attached hydrogens (tertiary/aromatic N) is 3. The largest absolute Gasteiger partial charge is 0.299 e. The molecule has 0 unspecified atom stereocenters. The average Bonchev–Trinajstić information content (AvgIpc) is 2.68. The van der Waals surface area contributed by atoms with Crippen molar-refractivity contribution in [2.45, 2.75) is 25.8 Å². The monoisotopic (exact) mass is 336 g/mol. The van der Waals surface area contributed by atoms with Gasteiger partial charge in [-0.25, -0.2) is 5.43 Å². The van der Waals surface area contributed by atoms with Gasteiger partial charge in [0.05, 0.1) is 0 Å². The maximum atomic E-state index is 11.8. The zero-order valence-corrected chi connectivity index (χ0v) is 14.3. The van der Waals surface area contributed by atoms with Crippen LogP contribution in [0.25, 0.3) is 0 Å². The molecule has 2 aromatic rings. The van der Waals surface area contributed by atoms with Gasteiger partial charge in [-0.15, -0.1) is 0 Å². The van der Waals surface area contributed by atoms with Crippen LogP contribution < -0.4 is 5.43 Å². The predicted molar refractivity (Wildman–Crippen MR) is 99.3 cm³/mol. The van der Waals surface area contributed by atoms with E-state index in [1.807, 2.05) is 6.21 Å². The number of hydrogen-bond acceptors (Lipinski definition) is 4. The van der Waals surface area contributed by atoms with E-state index in [1.165, 1.54) is 18.4 Å². The molecule has 1 N–H and O–H groups in total. The second-order valence-corrected chi connectivity index (χ2v) is 6.41. The molecule has 0 saturated carbocycles. The van der Waals surface area contributed by atoms with Crippen molar-refractivity contribution in [3.8, 4) is 0 Å². The van der Waals surface area contributed by atoms with Gasteiger partial charge in [0.15, 0.2) is 0 Å². The average molecular weight is 336 g/mol. The molecule has 3 rings (SSSR count). The zero-order chi connectivity index (χ0) is 17.3. The number of benzene rings is 1. The minimum absolute atomic E-state index is 0.269. The van der Waals surface area contributed by atoms with E-state index >= 15 is 0 Å². The lowest BCUT2D eigenvalue weighted by Crippen LogP contribution is -2.33. The number of hydrazone groups is 1. The first-order valence-corrected chi connectivity index (χ1v) is 8.80. The first-order chi connectivity index (χ1) is 12.3. The Labute approximate surface area is 148 Å². The molecule has 0 radical (unpaired) electrons. The molecule has 1 aliphatic heterocycles. The SMILES string of the molecule is O=C(N/N=C/CC1CCN(Cc2ccccc2)CC1)c1ccccn1. The first kappa shape index (κ1) is 17.3. The lowest BCUT2D eigenvalue weighted by Gasteiger charge is -2.31. The second kappa shape index (κ2) is 9.08. The summed E-state index contributed by atoms with van der Waals surface area (Å²) in [6, 6.07) is 15.9. The summed E-state index contributed by atoms with van der Waals surface area (Å²) in [6.07, 6.45) is 6.67. The number of aromatic nitrogens is 1. The Bertz CT molecular complexity index is 679. The third kappa shape index (κ3) is 5.50. The lowest BCUT2D eigenvalue weighted by molar-refractivity contribution is 0.0950. The maximum absolute atomic E-state index is 11.8. The van der Waals surface area contributed by atoms with Crippen molar-refractivity contribution in [2.24, 2.45) is 11.0 Å². The molecular weight excluding hydrogens is 312 g/mol. The summed E-state index contributed by atoms with van der Waals surface area (Å²) >= 11 is 0. The van der Waals surface area contributed by atoms with Gasteiger partial charge < -0.3 is 0 Å². The highest BCUT2D eigenvalue weighted by Crippen LogP contribution is 2.20. The highest BCUT2D eigenvalue weighted by molar-refractivity contribution is 5.92. The standard InChI is InChI=1S/C20H24N4O/c25-20(19-8-4-5-12-21-19)23-22-13-9-17-10-14-24(15-11-17)16-18-6-2-1-3-7-18/h1-8,12-13,17H,9-11,14-16H2,(H,23,25)/b22-13+. The topological polar surface area (TPSA) is 57.6 Å². The van der Waals surface area contributed by atoms with E-state index < -0.39 is 0 Å². The van der Waals surface area contributed by atoms with Gasteiger partial charge >= 0.3 is 0 Å². The third-order valence-electron chi connectivity index (χ3n) is 4.55. The van der Waals surface area contributed by atoms with E-state index in [0.29, 0.717) is 11.6 Å². The van der Waals surface area contributed by atoms with Crippen molar-refractivity contribution in [3.05, 3.63) is 66.0 Å². The fraction of sp³-hybridized carbons (Fsp3) is 0.350. The summed E-state index contributed by atoms with van der Waals surface area (Å²) in [5, 5.41) is 4.05. The summed E-state index contributed by atoms with van der Waals surface area (Å²) in [4.78, 5) is 18.3. The van der Waals surface area contributed by atoms with Crippen LogP contribution in [0.5, 0.6) is 0 Å². The third-order valence-corrected chi connectivity index (χ3v) is 4.55. The van der Waals surface area contributed by atoms with Crippen LogP contribution in [0.1, 0.15) is 35.3 Å². The Morgan fingerprint density at radius 3 is 2.64 bits per heavy atom. The van der Waals surface area contributed by atoms with Crippen LogP contribution in [0.3, 0.4) is 0 Å². The van der Waals surface area contributed by atoms with Crippen molar-refractivity contribution in [2.75, 3.05) is 13.1 Å². The van der Waals surface area contributed by atoms with Crippen molar-refractivity contribution in [3.63, 3.8) is 0 Å². The fourth-order valence-electron chi connectivity index (χ4n) is 3.08. The van der Waals surface area contributed by atoms with E-state index in [4.69, 9.17) is 0 Å². The Balaban J connectivity index is 1.36. The van der Waals surface area contributed by atoms with Crippen LogP contribution in [0.2, 0.25) is 0 Å². The fourth-order valence-corrected chi connectivity index (χ4v) is 3.08. The number of carbonyl (C=O) groups excluding carboxylic acids is 1. The van der Waals surface area contributed by atoms with Crippen LogP contribution in [0, 0.1) is 5.92 Å². The minimum atomic E-state index is -0.269. The van der Waals surface area contributed by atoms with E-state index in [0.717, 1.165) is 26.1 Å². The van der Waals surface area contributed by atoms with Gasteiger partial charge in [-0.1, -0.05) is 36.4 Å². The smallest absolute Gasteiger partial charge is 0.289 e. The number of amides is 1. The summed E-state index contributed by atoms with van der Waals surface area (Å²) in [7, 11) is 0. The Morgan fingerprint density at radius 2 is 1.92 bits per heavy atom. The van der Waals surface area contributed by atoms with Crippen LogP contribution in [-0.2, 0) is 6.54 Å². The van der Waals surface area contributed by atoms with E-state index in [-0.39, 0.29) is 5.91 Å². The number of piperidine rings is 1. The van der Waals surface area contributed by atoms with Gasteiger partial charge in [-0.2, -0.15) is 5.10 Å². The number of pyridine rings is 1. The predicted octanol–water partition coefficient (Wildman–Crippen LogP) is 3.10. The van der Waals surface area contributed by atoms with Crippen LogP contribution in [-0.4, -0.2) is 35.1 Å². The second-order valence-electron chi connectivity index (χ2n) is 6.41. The van der Waals surface area contributed by atoms with Crippen molar-refractivity contribution >= 4 is 12.1 Å². The number of nitrogens with one attached hydrogen (secondary N) is 1. The molecule has 1 amide bonds. The molecule has 5 nitrogen and oxygen atoms in total. The molecule has 0 atom stereocenters. The molecular formula is C20H24N4O. The molecule has 0 spiro atoms. The molecule has 130 valence electrons. The van der Waals surface area contributed by atoms with Crippen LogP contribution in [0.4, 0.5) is 0 Å². The van der Waals surface area contributed by atoms with E-state index in [2.05, 4.69) is 50.7 Å². The van der Waals surface area contributed by atoms with Crippen LogP contribution in [0.15, 0.2) is 59.8 Å². The molecule has 2 heterocycles. The van der Waals surface area contributed by atoms with E-state index in [9.17, 15) is 4.79 Å². The molecule has 5 heteroatoms. The molecule has 1 aliphatic rings. The summed E-state index contributed by atoms with van der Waals surface area (Å²) in [6.45, 7) is 3.27. The van der Waals surface area contributed by atoms with Crippen molar-refractivity contribution < 1.29 is 4.79 Å². The first-order valence-electron chi connectivity index (χ1n) is 8.80.